The lowest BCUT2D eigenvalue weighted by molar-refractivity contribution is 0.633. The first kappa shape index (κ1) is 12.4. The van der Waals surface area contributed by atoms with Crippen molar-refractivity contribution in [2.24, 2.45) is 14.1 Å². The van der Waals surface area contributed by atoms with Crippen LogP contribution in [0.15, 0.2) is 28.4 Å². The zero-order valence-corrected chi connectivity index (χ0v) is 9.69. The molecule has 1 aromatic heterocycles. The van der Waals surface area contributed by atoms with Gasteiger partial charge in [-0.25, -0.2) is 4.79 Å². The zero-order valence-electron chi connectivity index (χ0n) is 9.69. The smallest absolute Gasteiger partial charge is 0.312 e. The van der Waals surface area contributed by atoms with E-state index in [2.05, 4.69) is 11.9 Å². The maximum absolute atomic E-state index is 11.7. The summed E-state index contributed by atoms with van der Waals surface area (Å²) in [6.45, 7) is 4.85. The first-order valence-corrected chi connectivity index (χ1v) is 5.15. The molecule has 0 radical (unpaired) electrons. The molecule has 0 atom stereocenters. The normalized spacial score (nSPS) is 10.4. The molecule has 0 unspecified atom stereocenters. The van der Waals surface area contributed by atoms with Gasteiger partial charge in [0.2, 0.25) is 0 Å². The quantitative estimate of drug-likeness (QED) is 0.553. The number of aromatic nitrogens is 2. The lowest BCUT2D eigenvalue weighted by Crippen LogP contribution is -2.39. The van der Waals surface area contributed by atoms with Gasteiger partial charge in [0.05, 0.1) is 0 Å². The second kappa shape index (κ2) is 5.46. The Morgan fingerprint density at radius 3 is 2.75 bits per heavy atom. The van der Waals surface area contributed by atoms with Gasteiger partial charge in [-0.1, -0.05) is 6.08 Å². The standard InChI is InChI=1S/C11H17N3O2/c1-4-5-6-12-7-9-8-13(2)11(16)14(3)10(9)15/h4,8,12H,1,5-7H2,2-3H3. The molecule has 0 saturated carbocycles. The average molecular weight is 223 g/mol. The van der Waals surface area contributed by atoms with Crippen LogP contribution >= 0.6 is 0 Å². The Morgan fingerprint density at radius 1 is 1.44 bits per heavy atom. The second-order valence-corrected chi connectivity index (χ2v) is 3.67. The van der Waals surface area contributed by atoms with Gasteiger partial charge in [-0.05, 0) is 13.0 Å². The monoisotopic (exact) mass is 223 g/mol. The molecule has 1 rings (SSSR count). The van der Waals surface area contributed by atoms with Gasteiger partial charge in [0.25, 0.3) is 5.56 Å². The summed E-state index contributed by atoms with van der Waals surface area (Å²) in [5, 5.41) is 3.12. The Morgan fingerprint density at radius 2 is 2.12 bits per heavy atom. The Hall–Kier alpha value is -1.62. The Kier molecular flexibility index (Phi) is 4.25. The molecule has 0 amide bonds. The van der Waals surface area contributed by atoms with Crippen molar-refractivity contribution in [3.05, 3.63) is 45.3 Å². The molecule has 0 spiro atoms. The van der Waals surface area contributed by atoms with Crippen LogP contribution in [0.2, 0.25) is 0 Å². The Balaban J connectivity index is 2.85. The molecule has 16 heavy (non-hydrogen) atoms. The van der Waals surface area contributed by atoms with Crippen molar-refractivity contribution in [1.29, 1.82) is 0 Å². The zero-order chi connectivity index (χ0) is 12.1. The molecule has 0 aliphatic carbocycles. The number of nitrogens with one attached hydrogen (secondary N) is 1. The molecule has 0 aliphatic rings. The van der Waals surface area contributed by atoms with E-state index < -0.39 is 0 Å². The molecule has 1 aromatic rings. The maximum Gasteiger partial charge on any atom is 0.330 e. The summed E-state index contributed by atoms with van der Waals surface area (Å²) in [6.07, 6.45) is 4.24. The van der Waals surface area contributed by atoms with Crippen molar-refractivity contribution in [2.45, 2.75) is 13.0 Å². The summed E-state index contributed by atoms with van der Waals surface area (Å²) in [5.74, 6) is 0. The summed E-state index contributed by atoms with van der Waals surface area (Å²) >= 11 is 0. The van der Waals surface area contributed by atoms with Crippen molar-refractivity contribution in [2.75, 3.05) is 6.54 Å². The van der Waals surface area contributed by atoms with E-state index in [-0.39, 0.29) is 11.2 Å². The molecule has 0 saturated heterocycles. The number of rotatable bonds is 5. The van der Waals surface area contributed by atoms with E-state index in [9.17, 15) is 9.59 Å². The van der Waals surface area contributed by atoms with Gasteiger partial charge in [-0.2, -0.15) is 0 Å². The highest BCUT2D eigenvalue weighted by atomic mass is 16.2. The van der Waals surface area contributed by atoms with E-state index in [1.54, 1.807) is 13.2 Å². The predicted molar refractivity (Wildman–Crippen MR) is 63.4 cm³/mol. The minimum absolute atomic E-state index is 0.241. The van der Waals surface area contributed by atoms with Gasteiger partial charge in [0.1, 0.15) is 0 Å². The average Bonchev–Trinajstić information content (AvgIpc) is 2.28. The second-order valence-electron chi connectivity index (χ2n) is 3.67. The van der Waals surface area contributed by atoms with Crippen molar-refractivity contribution in [3.8, 4) is 0 Å². The largest absolute Gasteiger partial charge is 0.330 e. The third-order valence-electron chi connectivity index (χ3n) is 2.36. The van der Waals surface area contributed by atoms with Crippen LogP contribution in [0.25, 0.3) is 0 Å². The summed E-state index contributed by atoms with van der Waals surface area (Å²) in [6, 6.07) is 0. The van der Waals surface area contributed by atoms with Gasteiger partial charge in [0, 0.05) is 32.4 Å². The first-order chi connectivity index (χ1) is 7.57. The van der Waals surface area contributed by atoms with Crippen LogP contribution in [-0.4, -0.2) is 15.7 Å². The summed E-state index contributed by atoms with van der Waals surface area (Å²) in [5.41, 5.74) is 0.0442. The van der Waals surface area contributed by atoms with Crippen LogP contribution in [0.1, 0.15) is 12.0 Å². The number of hydrogen-bond acceptors (Lipinski definition) is 3. The summed E-state index contributed by atoms with van der Waals surface area (Å²) in [7, 11) is 3.12. The summed E-state index contributed by atoms with van der Waals surface area (Å²) in [4.78, 5) is 23.1. The topological polar surface area (TPSA) is 56.0 Å². The third kappa shape index (κ3) is 2.70. The maximum atomic E-state index is 11.7. The minimum atomic E-state index is -0.306. The molecule has 5 nitrogen and oxygen atoms in total. The van der Waals surface area contributed by atoms with Crippen molar-refractivity contribution >= 4 is 0 Å². The van der Waals surface area contributed by atoms with E-state index in [1.165, 1.54) is 11.6 Å². The van der Waals surface area contributed by atoms with Crippen molar-refractivity contribution in [3.63, 3.8) is 0 Å². The highest BCUT2D eigenvalue weighted by Gasteiger charge is 2.05. The Bertz CT molecular complexity index is 485. The predicted octanol–water partition coefficient (Wildman–Crippen LogP) is -0.250. The van der Waals surface area contributed by atoms with E-state index >= 15 is 0 Å². The molecule has 0 aliphatic heterocycles. The van der Waals surface area contributed by atoms with Crippen LogP contribution in [-0.2, 0) is 20.6 Å². The highest BCUT2D eigenvalue weighted by Crippen LogP contribution is 1.87. The first-order valence-electron chi connectivity index (χ1n) is 5.15. The van der Waals surface area contributed by atoms with Crippen LogP contribution < -0.4 is 16.6 Å². The van der Waals surface area contributed by atoms with E-state index in [4.69, 9.17) is 0 Å². The fourth-order valence-electron chi connectivity index (χ4n) is 1.43. The molecule has 88 valence electrons. The SMILES string of the molecule is C=CCCNCc1cn(C)c(=O)n(C)c1=O. The van der Waals surface area contributed by atoms with Crippen LogP contribution in [0, 0.1) is 0 Å². The van der Waals surface area contributed by atoms with Crippen LogP contribution in [0.3, 0.4) is 0 Å². The molecule has 0 aromatic carbocycles. The van der Waals surface area contributed by atoms with E-state index in [0.717, 1.165) is 17.5 Å². The molecule has 1 N–H and O–H groups in total. The molecule has 5 heteroatoms. The third-order valence-corrected chi connectivity index (χ3v) is 2.36. The molecular weight excluding hydrogens is 206 g/mol. The lowest BCUT2D eigenvalue weighted by atomic mass is 10.3. The molecular formula is C11H17N3O2. The van der Waals surface area contributed by atoms with Crippen LogP contribution in [0.5, 0.6) is 0 Å². The number of hydrogen-bond donors (Lipinski definition) is 1. The minimum Gasteiger partial charge on any atom is -0.312 e. The number of aryl methyl sites for hydroxylation is 1. The number of nitrogens with zero attached hydrogens (tertiary/aromatic N) is 2. The highest BCUT2D eigenvalue weighted by molar-refractivity contribution is 5.05. The van der Waals surface area contributed by atoms with Gasteiger partial charge in [-0.15, -0.1) is 6.58 Å². The molecule has 1 heterocycles. The van der Waals surface area contributed by atoms with Crippen molar-refractivity contribution < 1.29 is 0 Å². The molecule has 0 bridgehead atoms. The molecule has 0 fully saturated rings. The van der Waals surface area contributed by atoms with E-state index in [0.29, 0.717) is 12.1 Å². The van der Waals surface area contributed by atoms with Gasteiger partial charge >= 0.3 is 5.69 Å². The lowest BCUT2D eigenvalue weighted by Gasteiger charge is -2.07. The Labute approximate surface area is 94.0 Å². The fourth-order valence-corrected chi connectivity index (χ4v) is 1.43. The van der Waals surface area contributed by atoms with Gasteiger partial charge in [0.15, 0.2) is 0 Å². The van der Waals surface area contributed by atoms with Gasteiger partial charge in [-0.3, -0.25) is 9.36 Å². The van der Waals surface area contributed by atoms with Crippen LogP contribution in [0.4, 0.5) is 0 Å². The summed E-state index contributed by atoms with van der Waals surface area (Å²) < 4.78 is 2.52. The fraction of sp³-hybridized carbons (Fsp3) is 0.455. The van der Waals surface area contributed by atoms with Gasteiger partial charge < -0.3 is 9.88 Å². The van der Waals surface area contributed by atoms with Crippen molar-refractivity contribution in [1.82, 2.24) is 14.5 Å². The van der Waals surface area contributed by atoms with E-state index in [1.807, 2.05) is 6.08 Å².